The zero-order valence-electron chi connectivity index (χ0n) is 16.6. The van der Waals surface area contributed by atoms with E-state index >= 15 is 0 Å². The Balaban J connectivity index is 1.84. The third-order valence-electron chi connectivity index (χ3n) is 6.05. The molecule has 1 aliphatic rings. The van der Waals surface area contributed by atoms with Gasteiger partial charge in [0.2, 0.25) is 0 Å². The SMILES string of the molecule is Cc1c(C(=O)O[C@@H]2C[C@H](C)CC[C@H]2C(C)C)[pH]c(-c2ccccc2)c1C. The standard InChI is InChI=1S/C23H31O2P/c1-14(2)19-12-11-15(3)13-20(19)25-23(24)22-17(5)16(4)21(26-22)18-9-7-6-8-10-18/h6-10,14-15,19-20,26H,11-13H2,1-5H3/t15-,19+,20-/m1/s1. The number of carbonyl (C=O) groups is 1. The Morgan fingerprint density at radius 3 is 2.46 bits per heavy atom. The fourth-order valence-corrected chi connectivity index (χ4v) is 5.70. The monoisotopic (exact) mass is 370 g/mol. The van der Waals surface area contributed by atoms with E-state index in [0.29, 0.717) is 25.9 Å². The van der Waals surface area contributed by atoms with E-state index in [-0.39, 0.29) is 12.1 Å². The molecule has 1 aromatic heterocycles. The highest BCUT2D eigenvalue weighted by Crippen LogP contribution is 2.41. The molecule has 1 saturated carbocycles. The Bertz CT molecular complexity index is 760. The Morgan fingerprint density at radius 1 is 1.12 bits per heavy atom. The van der Waals surface area contributed by atoms with Crippen LogP contribution in [0.25, 0.3) is 10.9 Å². The second-order valence-corrected chi connectivity index (χ2v) is 9.51. The Kier molecular flexibility index (Phi) is 5.92. The molecule has 0 saturated heterocycles. The fraction of sp³-hybridized carbons (Fsp3) is 0.522. The average molecular weight is 370 g/mol. The molecule has 1 heterocycles. The van der Waals surface area contributed by atoms with E-state index in [0.717, 1.165) is 17.3 Å². The maximum absolute atomic E-state index is 13.0. The normalized spacial score (nSPS) is 23.5. The van der Waals surface area contributed by atoms with Crippen LogP contribution in [0.1, 0.15) is 61.3 Å². The molecule has 0 spiro atoms. The smallest absolute Gasteiger partial charge is 0.342 e. The van der Waals surface area contributed by atoms with Gasteiger partial charge in [0.25, 0.3) is 0 Å². The highest BCUT2D eigenvalue weighted by atomic mass is 31.0. The molecule has 2 nitrogen and oxygen atoms in total. The first kappa shape index (κ1) is 19.2. The van der Waals surface area contributed by atoms with Crippen LogP contribution in [0.5, 0.6) is 0 Å². The predicted octanol–water partition coefficient (Wildman–Crippen LogP) is 6.62. The van der Waals surface area contributed by atoms with Crippen LogP contribution in [-0.2, 0) is 4.74 Å². The summed E-state index contributed by atoms with van der Waals surface area (Å²) in [6.07, 6.45) is 3.49. The molecule has 0 N–H and O–H groups in total. The zero-order valence-corrected chi connectivity index (χ0v) is 17.6. The minimum Gasteiger partial charge on any atom is -0.458 e. The van der Waals surface area contributed by atoms with Crippen LogP contribution in [-0.4, -0.2) is 12.1 Å². The van der Waals surface area contributed by atoms with Crippen LogP contribution in [0.15, 0.2) is 30.3 Å². The molecule has 1 fully saturated rings. The van der Waals surface area contributed by atoms with Crippen molar-refractivity contribution < 1.29 is 9.53 Å². The van der Waals surface area contributed by atoms with Crippen molar-refractivity contribution in [1.29, 1.82) is 0 Å². The van der Waals surface area contributed by atoms with Crippen molar-refractivity contribution in [3.8, 4) is 10.9 Å². The van der Waals surface area contributed by atoms with Gasteiger partial charge in [-0.25, -0.2) is 4.79 Å². The molecular weight excluding hydrogens is 339 g/mol. The number of carbonyl (C=O) groups excluding carboxylic acids is 1. The molecule has 1 aromatic carbocycles. The van der Waals surface area contributed by atoms with E-state index in [1.807, 2.05) is 6.07 Å². The number of esters is 1. The van der Waals surface area contributed by atoms with Gasteiger partial charge in [0, 0.05) is 5.30 Å². The van der Waals surface area contributed by atoms with E-state index in [1.165, 1.54) is 29.3 Å². The molecule has 0 amide bonds. The van der Waals surface area contributed by atoms with Crippen molar-refractivity contribution in [2.24, 2.45) is 17.8 Å². The summed E-state index contributed by atoms with van der Waals surface area (Å²) in [6.45, 7) is 11.0. The maximum Gasteiger partial charge on any atom is 0.342 e. The minimum atomic E-state index is -0.0872. The van der Waals surface area contributed by atoms with Gasteiger partial charge < -0.3 is 4.74 Å². The number of rotatable bonds is 4. The third kappa shape index (κ3) is 3.91. The van der Waals surface area contributed by atoms with Crippen molar-refractivity contribution in [2.75, 3.05) is 0 Å². The van der Waals surface area contributed by atoms with Crippen LogP contribution in [0.4, 0.5) is 0 Å². The molecule has 1 aliphatic carbocycles. The van der Waals surface area contributed by atoms with Crippen molar-refractivity contribution in [3.63, 3.8) is 0 Å². The lowest BCUT2D eigenvalue weighted by Gasteiger charge is -2.36. The highest BCUT2D eigenvalue weighted by Gasteiger charge is 2.34. The summed E-state index contributed by atoms with van der Waals surface area (Å²) in [5.41, 5.74) is 3.56. The van der Waals surface area contributed by atoms with E-state index < -0.39 is 0 Å². The highest BCUT2D eigenvalue weighted by molar-refractivity contribution is 7.36. The number of benzene rings is 1. The Hall–Kier alpha value is -1.53. The van der Waals surface area contributed by atoms with Crippen LogP contribution < -0.4 is 0 Å². The second-order valence-electron chi connectivity index (χ2n) is 8.26. The maximum atomic E-state index is 13.0. The molecule has 26 heavy (non-hydrogen) atoms. The number of ether oxygens (including phenoxy) is 1. The summed E-state index contributed by atoms with van der Waals surface area (Å²) in [5.74, 6) is 1.60. The molecule has 1 unspecified atom stereocenters. The van der Waals surface area contributed by atoms with Gasteiger partial charge in [-0.15, -0.1) is 8.19 Å². The van der Waals surface area contributed by atoms with Crippen LogP contribution in [0.2, 0.25) is 0 Å². The summed E-state index contributed by atoms with van der Waals surface area (Å²) in [7, 11) is 0.396. The summed E-state index contributed by atoms with van der Waals surface area (Å²) < 4.78 is 6.11. The summed E-state index contributed by atoms with van der Waals surface area (Å²) in [5, 5.41) is 2.16. The van der Waals surface area contributed by atoms with Gasteiger partial charge in [0.1, 0.15) is 6.10 Å². The Morgan fingerprint density at radius 2 is 1.81 bits per heavy atom. The first-order valence-corrected chi connectivity index (χ1v) is 10.8. The minimum absolute atomic E-state index is 0.0671. The molecule has 3 rings (SSSR count). The summed E-state index contributed by atoms with van der Waals surface area (Å²) >= 11 is 0. The van der Waals surface area contributed by atoms with Crippen molar-refractivity contribution in [1.82, 2.24) is 0 Å². The van der Waals surface area contributed by atoms with Gasteiger partial charge in [0.05, 0.1) is 5.30 Å². The summed E-state index contributed by atoms with van der Waals surface area (Å²) in [6, 6.07) is 10.4. The van der Waals surface area contributed by atoms with Crippen LogP contribution in [0, 0.1) is 31.6 Å². The van der Waals surface area contributed by atoms with Crippen LogP contribution >= 0.6 is 8.19 Å². The van der Waals surface area contributed by atoms with Gasteiger partial charge in [-0.3, -0.25) is 0 Å². The Labute approximate surface area is 159 Å². The number of hydrogen-bond acceptors (Lipinski definition) is 2. The van der Waals surface area contributed by atoms with E-state index in [1.54, 1.807) is 0 Å². The average Bonchev–Trinajstić information content (AvgIpc) is 2.91. The largest absolute Gasteiger partial charge is 0.458 e. The molecule has 4 atom stereocenters. The molecular formula is C23H31O2P. The molecule has 3 heteroatoms. The fourth-order valence-electron chi connectivity index (χ4n) is 4.23. The molecule has 2 aromatic rings. The number of hydrogen-bond donors (Lipinski definition) is 0. The van der Waals surface area contributed by atoms with E-state index in [9.17, 15) is 4.79 Å². The van der Waals surface area contributed by atoms with Gasteiger partial charge >= 0.3 is 5.97 Å². The first-order chi connectivity index (χ1) is 12.4. The second kappa shape index (κ2) is 8.01. The molecule has 140 valence electrons. The van der Waals surface area contributed by atoms with E-state index in [2.05, 4.69) is 58.9 Å². The molecule has 0 radical (unpaired) electrons. The summed E-state index contributed by atoms with van der Waals surface area (Å²) in [4.78, 5) is 13.0. The lowest BCUT2D eigenvalue weighted by atomic mass is 9.75. The molecule has 0 aliphatic heterocycles. The molecule has 0 bridgehead atoms. The lowest BCUT2D eigenvalue weighted by Crippen LogP contribution is -2.35. The third-order valence-corrected chi connectivity index (χ3v) is 7.79. The van der Waals surface area contributed by atoms with E-state index in [4.69, 9.17) is 4.74 Å². The van der Waals surface area contributed by atoms with Crippen molar-refractivity contribution in [2.45, 2.75) is 60.0 Å². The lowest BCUT2D eigenvalue weighted by molar-refractivity contribution is -0.0170. The van der Waals surface area contributed by atoms with Crippen LogP contribution in [0.3, 0.4) is 0 Å². The van der Waals surface area contributed by atoms with Gasteiger partial charge in [-0.05, 0) is 61.1 Å². The van der Waals surface area contributed by atoms with Gasteiger partial charge in [-0.1, -0.05) is 57.5 Å². The predicted molar refractivity (Wildman–Crippen MR) is 111 cm³/mol. The topological polar surface area (TPSA) is 26.3 Å². The first-order valence-electron chi connectivity index (χ1n) is 9.84. The van der Waals surface area contributed by atoms with Crippen molar-refractivity contribution >= 4 is 14.2 Å². The van der Waals surface area contributed by atoms with Gasteiger partial charge in [0.15, 0.2) is 0 Å². The zero-order chi connectivity index (χ0) is 18.8. The quantitative estimate of drug-likeness (QED) is 0.565. The van der Waals surface area contributed by atoms with Crippen molar-refractivity contribution in [3.05, 3.63) is 46.8 Å². The van der Waals surface area contributed by atoms with Gasteiger partial charge in [-0.2, -0.15) is 0 Å².